The van der Waals surface area contributed by atoms with Crippen molar-refractivity contribution in [2.75, 3.05) is 19.1 Å². The third-order valence-corrected chi connectivity index (χ3v) is 6.57. The molecule has 1 aliphatic rings. The summed E-state index contributed by atoms with van der Waals surface area (Å²) in [5, 5.41) is 13.8. The maximum atomic E-state index is 13.7. The number of amides is 1. The number of methoxy groups -OCH3 is 2. The molecule has 1 heterocycles. The standard InChI is InChI=1S/C29H25NO5/c1-34-21-14-15-23(27(16-21)35-2)26(31)17-29(33)24-12-5-6-13-25(24)30(28(29)32)18-20-10-7-9-19-8-3-4-11-22(19)20/h3-16,33H,17-18H2,1-2H3. The number of fused-ring (bicyclic) bond motifs is 2. The number of ether oxygens (including phenoxy) is 2. The molecule has 1 unspecified atom stereocenters. The van der Waals surface area contributed by atoms with E-state index in [2.05, 4.69) is 0 Å². The van der Waals surface area contributed by atoms with E-state index in [4.69, 9.17) is 9.47 Å². The SMILES string of the molecule is COc1ccc(C(=O)CC2(O)C(=O)N(Cc3cccc4ccccc34)c3ccccc32)c(OC)c1. The largest absolute Gasteiger partial charge is 0.497 e. The lowest BCUT2D eigenvalue weighted by Gasteiger charge is -2.23. The Kier molecular flexibility index (Phi) is 5.75. The topological polar surface area (TPSA) is 76.1 Å². The molecule has 0 saturated heterocycles. The summed E-state index contributed by atoms with van der Waals surface area (Å²) in [6, 6.07) is 25.9. The van der Waals surface area contributed by atoms with Crippen LogP contribution in [0, 0.1) is 0 Å². The molecule has 0 spiro atoms. The second-order valence-electron chi connectivity index (χ2n) is 8.57. The van der Waals surface area contributed by atoms with Crippen molar-refractivity contribution in [1.29, 1.82) is 0 Å². The van der Waals surface area contributed by atoms with Crippen molar-refractivity contribution in [3.05, 3.63) is 102 Å². The summed E-state index contributed by atoms with van der Waals surface area (Å²) in [4.78, 5) is 28.6. The molecule has 176 valence electrons. The van der Waals surface area contributed by atoms with Crippen LogP contribution in [0.25, 0.3) is 10.8 Å². The highest BCUT2D eigenvalue weighted by atomic mass is 16.5. The molecule has 5 rings (SSSR count). The van der Waals surface area contributed by atoms with E-state index in [1.165, 1.54) is 14.2 Å². The van der Waals surface area contributed by atoms with Crippen LogP contribution in [0.15, 0.2) is 84.9 Å². The molecule has 1 aliphatic heterocycles. The van der Waals surface area contributed by atoms with Gasteiger partial charge >= 0.3 is 0 Å². The summed E-state index contributed by atoms with van der Waals surface area (Å²) in [6.07, 6.45) is -0.405. The van der Waals surface area contributed by atoms with Gasteiger partial charge in [0, 0.05) is 11.6 Å². The quantitative estimate of drug-likeness (QED) is 0.393. The van der Waals surface area contributed by atoms with E-state index in [-0.39, 0.29) is 12.1 Å². The smallest absolute Gasteiger partial charge is 0.264 e. The van der Waals surface area contributed by atoms with Gasteiger partial charge in [-0.05, 0) is 34.5 Å². The first-order valence-corrected chi connectivity index (χ1v) is 11.3. The molecule has 0 radical (unpaired) electrons. The first-order chi connectivity index (χ1) is 17.0. The molecule has 6 nitrogen and oxygen atoms in total. The Bertz CT molecular complexity index is 1440. The summed E-state index contributed by atoms with van der Waals surface area (Å²) in [5.74, 6) is -0.0559. The Morgan fingerprint density at radius 2 is 1.66 bits per heavy atom. The number of anilines is 1. The van der Waals surface area contributed by atoms with Crippen LogP contribution in [-0.2, 0) is 16.9 Å². The van der Waals surface area contributed by atoms with Crippen LogP contribution in [-0.4, -0.2) is 31.0 Å². The van der Waals surface area contributed by atoms with Gasteiger partial charge in [-0.2, -0.15) is 0 Å². The number of hydrogen-bond donors (Lipinski definition) is 1. The zero-order valence-electron chi connectivity index (χ0n) is 19.5. The predicted octanol–water partition coefficient (Wildman–Crippen LogP) is 4.86. The number of rotatable bonds is 7. The second-order valence-corrected chi connectivity index (χ2v) is 8.57. The van der Waals surface area contributed by atoms with Gasteiger partial charge in [0.25, 0.3) is 5.91 Å². The second kappa shape index (κ2) is 8.89. The Hall–Kier alpha value is -4.16. The van der Waals surface area contributed by atoms with Crippen LogP contribution in [0.5, 0.6) is 11.5 Å². The van der Waals surface area contributed by atoms with Gasteiger partial charge in [-0.1, -0.05) is 60.7 Å². The van der Waals surface area contributed by atoms with Crippen molar-refractivity contribution in [1.82, 2.24) is 0 Å². The number of ketones is 1. The fourth-order valence-corrected chi connectivity index (χ4v) is 4.79. The number of aliphatic hydroxyl groups is 1. The predicted molar refractivity (Wildman–Crippen MR) is 134 cm³/mol. The number of carbonyl (C=O) groups is 2. The van der Waals surface area contributed by atoms with Crippen LogP contribution in [0.1, 0.15) is 27.9 Å². The fourth-order valence-electron chi connectivity index (χ4n) is 4.79. The highest BCUT2D eigenvalue weighted by molar-refractivity contribution is 6.11. The Balaban J connectivity index is 1.51. The van der Waals surface area contributed by atoms with Gasteiger partial charge in [-0.3, -0.25) is 9.59 Å². The van der Waals surface area contributed by atoms with Gasteiger partial charge in [-0.15, -0.1) is 0 Å². The minimum atomic E-state index is -1.98. The Morgan fingerprint density at radius 1 is 0.914 bits per heavy atom. The van der Waals surface area contributed by atoms with E-state index >= 15 is 0 Å². The lowest BCUT2D eigenvalue weighted by atomic mass is 9.88. The van der Waals surface area contributed by atoms with Crippen molar-refractivity contribution in [2.45, 2.75) is 18.6 Å². The summed E-state index contributed by atoms with van der Waals surface area (Å²) in [7, 11) is 2.99. The molecule has 4 aromatic carbocycles. The molecule has 0 aromatic heterocycles. The van der Waals surface area contributed by atoms with Gasteiger partial charge in [0.05, 0.1) is 38.4 Å². The van der Waals surface area contributed by atoms with Gasteiger partial charge in [0.1, 0.15) is 11.5 Å². The number of benzene rings is 4. The molecule has 4 aromatic rings. The normalized spacial score (nSPS) is 16.9. The zero-order valence-corrected chi connectivity index (χ0v) is 19.5. The highest BCUT2D eigenvalue weighted by Crippen LogP contribution is 2.44. The Labute approximate surface area is 203 Å². The number of hydrogen-bond acceptors (Lipinski definition) is 5. The molecule has 35 heavy (non-hydrogen) atoms. The molecule has 0 aliphatic carbocycles. The summed E-state index contributed by atoms with van der Waals surface area (Å²) in [5.41, 5.74) is 0.273. The third kappa shape index (κ3) is 3.82. The average Bonchev–Trinajstić information content (AvgIpc) is 3.10. The van der Waals surface area contributed by atoms with Crippen LogP contribution in [0.3, 0.4) is 0 Å². The van der Waals surface area contributed by atoms with Crippen molar-refractivity contribution in [2.24, 2.45) is 0 Å². The van der Waals surface area contributed by atoms with Crippen molar-refractivity contribution < 1.29 is 24.2 Å². The van der Waals surface area contributed by atoms with E-state index in [9.17, 15) is 14.7 Å². The molecular formula is C29H25NO5. The number of carbonyl (C=O) groups excluding carboxylic acids is 2. The number of nitrogens with zero attached hydrogens (tertiary/aromatic N) is 1. The molecule has 1 atom stereocenters. The minimum absolute atomic E-state index is 0.277. The number of Topliss-reactive ketones (excluding diaryl/α,β-unsaturated/α-hetero) is 1. The van der Waals surface area contributed by atoms with E-state index in [1.807, 2.05) is 48.5 Å². The Morgan fingerprint density at radius 3 is 2.46 bits per heavy atom. The maximum Gasteiger partial charge on any atom is 0.264 e. The van der Waals surface area contributed by atoms with E-state index in [0.29, 0.717) is 22.7 Å². The molecule has 1 N–H and O–H groups in total. The first-order valence-electron chi connectivity index (χ1n) is 11.3. The summed E-state index contributed by atoms with van der Waals surface area (Å²) >= 11 is 0. The molecule has 6 heteroatoms. The van der Waals surface area contributed by atoms with Crippen molar-refractivity contribution >= 4 is 28.2 Å². The molecular weight excluding hydrogens is 442 g/mol. The third-order valence-electron chi connectivity index (χ3n) is 6.57. The zero-order chi connectivity index (χ0) is 24.6. The minimum Gasteiger partial charge on any atom is -0.497 e. The molecule has 0 fully saturated rings. The van der Waals surface area contributed by atoms with Crippen molar-refractivity contribution in [3.63, 3.8) is 0 Å². The highest BCUT2D eigenvalue weighted by Gasteiger charge is 2.51. The maximum absolute atomic E-state index is 13.7. The first kappa shape index (κ1) is 22.6. The van der Waals surface area contributed by atoms with Gasteiger partial charge in [-0.25, -0.2) is 0 Å². The lowest BCUT2D eigenvalue weighted by Crippen LogP contribution is -2.41. The lowest BCUT2D eigenvalue weighted by molar-refractivity contribution is -0.136. The summed E-state index contributed by atoms with van der Waals surface area (Å²) < 4.78 is 10.6. The molecule has 1 amide bonds. The number of para-hydroxylation sites is 1. The van der Waals surface area contributed by atoms with Crippen molar-refractivity contribution in [3.8, 4) is 11.5 Å². The fraction of sp³-hybridized carbons (Fsp3) is 0.172. The van der Waals surface area contributed by atoms with E-state index in [1.54, 1.807) is 41.3 Å². The summed E-state index contributed by atoms with van der Waals surface area (Å²) in [6.45, 7) is 0.277. The monoisotopic (exact) mass is 467 g/mol. The van der Waals surface area contributed by atoms with Gasteiger partial charge < -0.3 is 19.5 Å². The van der Waals surface area contributed by atoms with Crippen LogP contribution in [0.4, 0.5) is 5.69 Å². The van der Waals surface area contributed by atoms with Crippen LogP contribution in [0.2, 0.25) is 0 Å². The molecule has 0 saturated carbocycles. The molecule has 0 bridgehead atoms. The average molecular weight is 468 g/mol. The van der Waals surface area contributed by atoms with E-state index in [0.717, 1.165) is 16.3 Å². The van der Waals surface area contributed by atoms with Crippen LogP contribution >= 0.6 is 0 Å². The van der Waals surface area contributed by atoms with E-state index < -0.39 is 23.7 Å². The van der Waals surface area contributed by atoms with Gasteiger partial charge in [0.2, 0.25) is 0 Å². The van der Waals surface area contributed by atoms with Crippen LogP contribution < -0.4 is 14.4 Å². The van der Waals surface area contributed by atoms with Gasteiger partial charge in [0.15, 0.2) is 11.4 Å².